The maximum Gasteiger partial charge on any atom is 0.274 e. The molecule has 0 saturated heterocycles. The highest BCUT2D eigenvalue weighted by Crippen LogP contribution is 2.11. The third-order valence-electron chi connectivity index (χ3n) is 2.31. The van der Waals surface area contributed by atoms with Crippen molar-refractivity contribution in [2.24, 2.45) is 0 Å². The minimum Gasteiger partial charge on any atom is -0.298 e. The minimum atomic E-state index is -3.64. The van der Waals surface area contributed by atoms with Crippen molar-refractivity contribution in [2.75, 3.05) is 12.1 Å². The van der Waals surface area contributed by atoms with E-state index in [0.29, 0.717) is 0 Å². The van der Waals surface area contributed by atoms with Crippen LogP contribution in [0, 0.1) is 0 Å². The lowest BCUT2D eigenvalue weighted by molar-refractivity contribution is 0.576. The van der Waals surface area contributed by atoms with Crippen molar-refractivity contribution in [1.82, 2.24) is 9.82 Å². The molecule has 1 N–H and O–H groups in total. The van der Waals surface area contributed by atoms with Gasteiger partial charge in [-0.2, -0.15) is 0 Å². The van der Waals surface area contributed by atoms with Crippen LogP contribution >= 0.6 is 0 Å². The molecule has 0 aliphatic rings. The van der Waals surface area contributed by atoms with Crippen LogP contribution in [-0.2, 0) is 10.0 Å². The first-order chi connectivity index (χ1) is 8.59. The zero-order chi connectivity index (χ0) is 13.0. The Morgan fingerprint density at radius 2 is 1.72 bits per heavy atom. The zero-order valence-corrected chi connectivity index (χ0v) is 10.6. The largest absolute Gasteiger partial charge is 0.298 e. The molecule has 0 atom stereocenters. The van der Waals surface area contributed by atoms with Crippen LogP contribution in [0.25, 0.3) is 0 Å². The second kappa shape index (κ2) is 5.16. The van der Waals surface area contributed by atoms with Crippen molar-refractivity contribution in [3.8, 4) is 0 Å². The number of para-hydroxylation sites is 1. The summed E-state index contributed by atoms with van der Waals surface area (Å²) in [7, 11) is -2.01. The molecule has 2 rings (SSSR count). The van der Waals surface area contributed by atoms with Gasteiger partial charge in [0.25, 0.3) is 10.0 Å². The normalized spacial score (nSPS) is 11.2. The van der Waals surface area contributed by atoms with Crippen LogP contribution in [0.5, 0.6) is 0 Å². The predicted molar refractivity (Wildman–Crippen MR) is 69.4 cm³/mol. The first kappa shape index (κ1) is 12.5. The molecule has 0 aliphatic heterocycles. The molecule has 0 unspecified atom stereocenters. The minimum absolute atomic E-state index is 0.00668. The monoisotopic (exact) mass is 263 g/mol. The Labute approximate surface area is 106 Å². The molecule has 0 radical (unpaired) electrons. The zero-order valence-electron chi connectivity index (χ0n) is 9.82. The number of anilines is 1. The van der Waals surface area contributed by atoms with Gasteiger partial charge in [0.15, 0.2) is 5.03 Å². The Bertz CT molecular complexity index is 600. The van der Waals surface area contributed by atoms with Crippen LogP contribution in [0.15, 0.2) is 59.8 Å². The van der Waals surface area contributed by atoms with E-state index in [0.717, 1.165) is 5.69 Å². The molecular formula is C12H13N3O2S. The molecule has 0 aliphatic carbocycles. The van der Waals surface area contributed by atoms with Crippen LogP contribution in [0.2, 0.25) is 0 Å². The van der Waals surface area contributed by atoms with Gasteiger partial charge < -0.3 is 0 Å². The molecule has 0 spiro atoms. The first-order valence-electron chi connectivity index (χ1n) is 5.32. The fourth-order valence-electron chi connectivity index (χ4n) is 1.44. The molecule has 1 aromatic carbocycles. The van der Waals surface area contributed by atoms with E-state index in [1.165, 1.54) is 17.3 Å². The van der Waals surface area contributed by atoms with Gasteiger partial charge in [-0.3, -0.25) is 5.01 Å². The summed E-state index contributed by atoms with van der Waals surface area (Å²) < 4.78 is 24.0. The Balaban J connectivity index is 2.20. The van der Waals surface area contributed by atoms with Gasteiger partial charge in [-0.05, 0) is 24.3 Å². The van der Waals surface area contributed by atoms with Gasteiger partial charge in [-0.25, -0.2) is 13.4 Å². The van der Waals surface area contributed by atoms with Crippen LogP contribution in [0.3, 0.4) is 0 Å². The molecule has 2 aromatic rings. The van der Waals surface area contributed by atoms with Crippen LogP contribution in [-0.4, -0.2) is 20.4 Å². The van der Waals surface area contributed by atoms with Crippen LogP contribution in [0.4, 0.5) is 5.69 Å². The molecule has 1 aromatic heterocycles. The van der Waals surface area contributed by atoms with Crippen LogP contribution < -0.4 is 9.84 Å². The van der Waals surface area contributed by atoms with Crippen molar-refractivity contribution in [3.63, 3.8) is 0 Å². The molecule has 1 heterocycles. The number of hydrazine groups is 1. The molecule has 18 heavy (non-hydrogen) atoms. The highest BCUT2D eigenvalue weighted by Gasteiger charge is 2.17. The number of hydrogen-bond donors (Lipinski definition) is 1. The van der Waals surface area contributed by atoms with E-state index in [1.54, 1.807) is 31.3 Å². The second-order valence-corrected chi connectivity index (χ2v) is 5.26. The quantitative estimate of drug-likeness (QED) is 0.847. The number of sulfonamides is 1. The average Bonchev–Trinajstić information content (AvgIpc) is 2.40. The van der Waals surface area contributed by atoms with Gasteiger partial charge in [-0.15, -0.1) is 4.83 Å². The fraction of sp³-hybridized carbons (Fsp3) is 0.0833. The van der Waals surface area contributed by atoms with E-state index >= 15 is 0 Å². The van der Waals surface area contributed by atoms with E-state index in [-0.39, 0.29) is 5.03 Å². The Morgan fingerprint density at radius 1 is 1.06 bits per heavy atom. The summed E-state index contributed by atoms with van der Waals surface area (Å²) in [5.74, 6) is 0. The molecule has 5 nitrogen and oxygen atoms in total. The summed E-state index contributed by atoms with van der Waals surface area (Å²) in [5.41, 5.74) is 0.747. The molecule has 0 fully saturated rings. The number of benzene rings is 1. The fourth-order valence-corrected chi connectivity index (χ4v) is 2.45. The maximum absolute atomic E-state index is 12.0. The smallest absolute Gasteiger partial charge is 0.274 e. The van der Waals surface area contributed by atoms with Crippen molar-refractivity contribution in [2.45, 2.75) is 5.03 Å². The van der Waals surface area contributed by atoms with Gasteiger partial charge in [0, 0.05) is 13.2 Å². The highest BCUT2D eigenvalue weighted by molar-refractivity contribution is 7.89. The number of pyridine rings is 1. The number of aromatic nitrogens is 1. The standard InChI is InChI=1S/C12H13N3O2S/c1-15(11-7-3-2-4-8-11)14-18(16,17)12-9-5-6-10-13-12/h2-10,14H,1H3. The van der Waals surface area contributed by atoms with E-state index in [9.17, 15) is 8.42 Å². The number of rotatable bonds is 4. The van der Waals surface area contributed by atoms with E-state index in [4.69, 9.17) is 0 Å². The molecule has 6 heteroatoms. The summed E-state index contributed by atoms with van der Waals surface area (Å²) in [6, 6.07) is 13.9. The predicted octanol–water partition coefficient (Wildman–Crippen LogP) is 1.41. The van der Waals surface area contributed by atoms with Crippen LogP contribution in [0.1, 0.15) is 0 Å². The lowest BCUT2D eigenvalue weighted by Gasteiger charge is -2.19. The maximum atomic E-state index is 12.0. The Hall–Kier alpha value is -1.92. The SMILES string of the molecule is CN(NS(=O)(=O)c1ccccn1)c1ccccc1. The Kier molecular flexibility index (Phi) is 3.59. The lowest BCUT2D eigenvalue weighted by Crippen LogP contribution is -2.39. The number of nitrogens with one attached hydrogen (secondary N) is 1. The molecule has 0 saturated carbocycles. The molecule has 0 amide bonds. The molecular weight excluding hydrogens is 250 g/mol. The number of nitrogens with zero attached hydrogens (tertiary/aromatic N) is 2. The van der Waals surface area contributed by atoms with E-state index < -0.39 is 10.0 Å². The summed E-state index contributed by atoms with van der Waals surface area (Å²) in [5, 5.41) is 1.43. The first-order valence-corrected chi connectivity index (χ1v) is 6.80. The summed E-state index contributed by atoms with van der Waals surface area (Å²) in [4.78, 5) is 6.25. The van der Waals surface area contributed by atoms with E-state index in [2.05, 4.69) is 9.82 Å². The van der Waals surface area contributed by atoms with E-state index in [1.807, 2.05) is 18.2 Å². The van der Waals surface area contributed by atoms with Gasteiger partial charge in [0.05, 0.1) is 5.69 Å². The van der Waals surface area contributed by atoms with Crippen molar-refractivity contribution in [3.05, 3.63) is 54.7 Å². The summed E-state index contributed by atoms with van der Waals surface area (Å²) in [6.07, 6.45) is 1.44. The molecule has 94 valence electrons. The topological polar surface area (TPSA) is 62.3 Å². The summed E-state index contributed by atoms with van der Waals surface area (Å²) in [6.45, 7) is 0. The lowest BCUT2D eigenvalue weighted by atomic mass is 10.3. The van der Waals surface area contributed by atoms with Gasteiger partial charge in [0.1, 0.15) is 0 Å². The van der Waals surface area contributed by atoms with Crippen molar-refractivity contribution in [1.29, 1.82) is 0 Å². The van der Waals surface area contributed by atoms with Crippen molar-refractivity contribution < 1.29 is 8.42 Å². The van der Waals surface area contributed by atoms with Gasteiger partial charge in [0.2, 0.25) is 0 Å². The second-order valence-electron chi connectivity index (χ2n) is 3.66. The van der Waals surface area contributed by atoms with Crippen molar-refractivity contribution >= 4 is 15.7 Å². The van der Waals surface area contributed by atoms with Gasteiger partial charge >= 0.3 is 0 Å². The molecule has 0 bridgehead atoms. The third-order valence-corrected chi connectivity index (χ3v) is 3.62. The van der Waals surface area contributed by atoms with Gasteiger partial charge in [-0.1, -0.05) is 24.3 Å². The average molecular weight is 263 g/mol. The Morgan fingerprint density at radius 3 is 2.33 bits per heavy atom. The highest BCUT2D eigenvalue weighted by atomic mass is 32.2. The third kappa shape index (κ3) is 2.85. The summed E-state index contributed by atoms with van der Waals surface area (Å²) >= 11 is 0. The number of hydrogen-bond acceptors (Lipinski definition) is 4.